The minimum Gasteiger partial charge on any atom is -0.356 e. The summed E-state index contributed by atoms with van der Waals surface area (Å²) in [6, 6.07) is 14.3. The summed E-state index contributed by atoms with van der Waals surface area (Å²) in [5.41, 5.74) is 2.64. The molecule has 0 aliphatic carbocycles. The monoisotopic (exact) mass is 384 g/mol. The Balaban J connectivity index is 1.78. The summed E-state index contributed by atoms with van der Waals surface area (Å²) in [5, 5.41) is 9.41. The van der Waals surface area contributed by atoms with Crippen LogP contribution in [0, 0.1) is 5.82 Å². The third-order valence-electron chi connectivity index (χ3n) is 4.48. The maximum Gasteiger partial charge on any atom is 0.251 e. The topological polar surface area (TPSA) is 65.5 Å². The first-order valence-corrected chi connectivity index (χ1v) is 9.60. The van der Waals surface area contributed by atoms with Crippen LogP contribution in [0.25, 0.3) is 0 Å². The highest BCUT2D eigenvalue weighted by Crippen LogP contribution is 2.06. The minimum atomic E-state index is -0.221. The van der Waals surface area contributed by atoms with Crippen LogP contribution in [0.1, 0.15) is 41.8 Å². The number of aliphatic imine (C=N–C) groups is 1. The molecule has 0 heterocycles. The van der Waals surface area contributed by atoms with E-state index in [1.165, 1.54) is 12.1 Å². The zero-order valence-electron chi connectivity index (χ0n) is 16.8. The van der Waals surface area contributed by atoms with Gasteiger partial charge in [-0.3, -0.25) is 9.79 Å². The molecule has 0 aromatic heterocycles. The van der Waals surface area contributed by atoms with E-state index in [9.17, 15) is 9.18 Å². The van der Waals surface area contributed by atoms with E-state index in [0.29, 0.717) is 31.0 Å². The molecule has 1 unspecified atom stereocenters. The molecule has 0 aliphatic rings. The molecule has 0 radical (unpaired) electrons. The van der Waals surface area contributed by atoms with Crippen LogP contribution in [0.3, 0.4) is 0 Å². The van der Waals surface area contributed by atoms with Gasteiger partial charge in [-0.15, -0.1) is 0 Å². The van der Waals surface area contributed by atoms with Crippen molar-refractivity contribution in [1.29, 1.82) is 0 Å². The van der Waals surface area contributed by atoms with Gasteiger partial charge in [0.25, 0.3) is 5.91 Å². The van der Waals surface area contributed by atoms with Crippen molar-refractivity contribution in [3.63, 3.8) is 0 Å². The molecule has 6 heteroatoms. The van der Waals surface area contributed by atoms with E-state index in [1.54, 1.807) is 13.1 Å². The Kier molecular flexibility index (Phi) is 8.46. The number of carbonyl (C=O) groups excluding carboxylic acids is 1. The molecule has 3 N–H and O–H groups in total. The van der Waals surface area contributed by atoms with Crippen LogP contribution in [-0.4, -0.2) is 31.5 Å². The average Bonchev–Trinajstić information content (AvgIpc) is 2.70. The van der Waals surface area contributed by atoms with E-state index in [2.05, 4.69) is 20.9 Å². The van der Waals surface area contributed by atoms with Crippen molar-refractivity contribution >= 4 is 11.9 Å². The van der Waals surface area contributed by atoms with Gasteiger partial charge in [0.2, 0.25) is 0 Å². The molecule has 2 aromatic rings. The maximum atomic E-state index is 13.2. The first-order valence-electron chi connectivity index (χ1n) is 9.60. The Hall–Kier alpha value is -2.89. The molecule has 0 spiro atoms. The second-order valence-corrected chi connectivity index (χ2v) is 6.71. The van der Waals surface area contributed by atoms with Crippen LogP contribution in [0.4, 0.5) is 4.39 Å². The van der Waals surface area contributed by atoms with E-state index < -0.39 is 0 Å². The lowest BCUT2D eigenvalue weighted by Gasteiger charge is -2.13. The Bertz CT molecular complexity index is 789. The number of nitrogens with zero attached hydrogens (tertiary/aromatic N) is 1. The zero-order valence-corrected chi connectivity index (χ0v) is 16.8. The fourth-order valence-corrected chi connectivity index (χ4v) is 2.61. The highest BCUT2D eigenvalue weighted by Gasteiger charge is 2.08. The van der Waals surface area contributed by atoms with Gasteiger partial charge in [-0.2, -0.15) is 0 Å². The average molecular weight is 384 g/mol. The smallest absolute Gasteiger partial charge is 0.251 e. The highest BCUT2D eigenvalue weighted by molar-refractivity contribution is 5.94. The summed E-state index contributed by atoms with van der Waals surface area (Å²) in [4.78, 5) is 16.3. The second-order valence-electron chi connectivity index (χ2n) is 6.71. The van der Waals surface area contributed by atoms with Gasteiger partial charge in [0.1, 0.15) is 5.82 Å². The molecular weight excluding hydrogens is 355 g/mol. The van der Waals surface area contributed by atoms with E-state index in [4.69, 9.17) is 0 Å². The number of hydrogen-bond donors (Lipinski definition) is 3. The quantitative estimate of drug-likeness (QED) is 0.483. The molecule has 0 bridgehead atoms. The second kappa shape index (κ2) is 11.1. The van der Waals surface area contributed by atoms with Gasteiger partial charge in [-0.25, -0.2) is 4.39 Å². The third kappa shape index (κ3) is 7.02. The van der Waals surface area contributed by atoms with Crippen LogP contribution in [0.5, 0.6) is 0 Å². The molecule has 150 valence electrons. The first kappa shape index (κ1) is 21.4. The largest absolute Gasteiger partial charge is 0.356 e. The van der Waals surface area contributed by atoms with Crippen molar-refractivity contribution in [2.45, 2.75) is 39.3 Å². The number of hydrogen-bond acceptors (Lipinski definition) is 2. The Morgan fingerprint density at radius 3 is 2.50 bits per heavy atom. The van der Waals surface area contributed by atoms with E-state index in [0.717, 1.165) is 17.5 Å². The van der Waals surface area contributed by atoms with Gasteiger partial charge in [-0.05, 0) is 55.2 Å². The van der Waals surface area contributed by atoms with E-state index in [1.807, 2.05) is 44.2 Å². The van der Waals surface area contributed by atoms with Crippen molar-refractivity contribution in [1.82, 2.24) is 16.0 Å². The lowest BCUT2D eigenvalue weighted by atomic mass is 10.1. The normalized spacial score (nSPS) is 12.4. The molecule has 0 fully saturated rings. The molecule has 0 aliphatic heterocycles. The molecule has 1 atom stereocenters. The standard InChI is InChI=1S/C22H29FN4O/c1-4-16(2)27-21(28)19-10-8-18(9-11-19)15-26-22(24-3)25-13-12-17-6-5-7-20(23)14-17/h5-11,14,16H,4,12-13,15H2,1-3H3,(H,27,28)(H2,24,25,26). The van der Waals surface area contributed by atoms with E-state index in [-0.39, 0.29) is 17.8 Å². The minimum absolute atomic E-state index is 0.0521. The Morgan fingerprint density at radius 1 is 1.11 bits per heavy atom. The lowest BCUT2D eigenvalue weighted by Crippen LogP contribution is -2.37. The zero-order chi connectivity index (χ0) is 20.4. The number of rotatable bonds is 8. The molecule has 0 saturated carbocycles. The molecule has 2 aromatic carbocycles. The molecule has 1 amide bonds. The molecule has 0 saturated heterocycles. The highest BCUT2D eigenvalue weighted by atomic mass is 19.1. The predicted octanol–water partition coefficient (Wildman–Crippen LogP) is 3.26. The van der Waals surface area contributed by atoms with E-state index >= 15 is 0 Å². The van der Waals surface area contributed by atoms with Crippen LogP contribution in [0.2, 0.25) is 0 Å². The van der Waals surface area contributed by atoms with Crippen LogP contribution < -0.4 is 16.0 Å². The van der Waals surface area contributed by atoms with Crippen LogP contribution in [0.15, 0.2) is 53.5 Å². The number of amides is 1. The Labute approximate surface area is 166 Å². The van der Waals surface area contributed by atoms with Crippen molar-refractivity contribution in [3.05, 3.63) is 71.0 Å². The van der Waals surface area contributed by atoms with Crippen molar-refractivity contribution in [3.8, 4) is 0 Å². The van der Waals surface area contributed by atoms with Crippen molar-refractivity contribution in [2.24, 2.45) is 4.99 Å². The van der Waals surface area contributed by atoms with Gasteiger partial charge in [0.05, 0.1) is 0 Å². The van der Waals surface area contributed by atoms with Gasteiger partial charge >= 0.3 is 0 Å². The SMILES string of the molecule is CCC(C)NC(=O)c1ccc(CNC(=NC)NCCc2cccc(F)c2)cc1. The van der Waals surface area contributed by atoms with Crippen molar-refractivity contribution < 1.29 is 9.18 Å². The summed E-state index contributed by atoms with van der Waals surface area (Å²) in [7, 11) is 1.71. The summed E-state index contributed by atoms with van der Waals surface area (Å²) in [6.07, 6.45) is 1.61. The third-order valence-corrected chi connectivity index (χ3v) is 4.48. The Morgan fingerprint density at radius 2 is 1.86 bits per heavy atom. The predicted molar refractivity (Wildman–Crippen MR) is 112 cm³/mol. The first-order chi connectivity index (χ1) is 13.5. The summed E-state index contributed by atoms with van der Waals surface area (Å²) < 4.78 is 13.2. The number of nitrogens with one attached hydrogen (secondary N) is 3. The maximum absolute atomic E-state index is 13.2. The summed E-state index contributed by atoms with van der Waals surface area (Å²) >= 11 is 0. The fourth-order valence-electron chi connectivity index (χ4n) is 2.61. The van der Waals surface area contributed by atoms with Crippen LogP contribution >= 0.6 is 0 Å². The van der Waals surface area contributed by atoms with Gasteiger partial charge in [0, 0.05) is 31.7 Å². The molecular formula is C22H29FN4O. The molecule has 5 nitrogen and oxygen atoms in total. The molecule has 2 rings (SSSR count). The number of guanidine groups is 1. The number of halogens is 1. The number of carbonyl (C=O) groups is 1. The van der Waals surface area contributed by atoms with Crippen molar-refractivity contribution in [2.75, 3.05) is 13.6 Å². The van der Waals surface area contributed by atoms with Crippen LogP contribution in [-0.2, 0) is 13.0 Å². The summed E-state index contributed by atoms with van der Waals surface area (Å²) in [5.74, 6) is 0.403. The number of benzene rings is 2. The fraction of sp³-hybridized carbons (Fsp3) is 0.364. The molecule has 28 heavy (non-hydrogen) atoms. The van der Waals surface area contributed by atoms with Gasteiger partial charge < -0.3 is 16.0 Å². The van der Waals surface area contributed by atoms with Gasteiger partial charge in [-0.1, -0.05) is 31.2 Å². The lowest BCUT2D eigenvalue weighted by molar-refractivity contribution is 0.0939. The summed E-state index contributed by atoms with van der Waals surface area (Å²) in [6.45, 7) is 5.27. The van der Waals surface area contributed by atoms with Gasteiger partial charge in [0.15, 0.2) is 5.96 Å².